The second-order valence-electron chi connectivity index (χ2n) is 6.34. The van der Waals surface area contributed by atoms with Gasteiger partial charge >= 0.3 is 6.18 Å². The van der Waals surface area contributed by atoms with Crippen LogP contribution in [-0.4, -0.2) is 34.7 Å². The van der Waals surface area contributed by atoms with Crippen LogP contribution in [0.4, 0.5) is 24.5 Å². The summed E-state index contributed by atoms with van der Waals surface area (Å²) in [6.07, 6.45) is -4.60. The molecule has 1 saturated heterocycles. The largest absolute Gasteiger partial charge is 0.416 e. The lowest BCUT2D eigenvalue weighted by atomic mass is 10.1. The summed E-state index contributed by atoms with van der Waals surface area (Å²) in [7, 11) is -4.15. The zero-order valence-corrected chi connectivity index (χ0v) is 16.5. The van der Waals surface area contributed by atoms with E-state index < -0.39 is 21.8 Å². The Morgan fingerprint density at radius 1 is 1.11 bits per heavy atom. The van der Waals surface area contributed by atoms with Gasteiger partial charge in [0.05, 0.1) is 35.0 Å². The van der Waals surface area contributed by atoms with Gasteiger partial charge in [-0.3, -0.25) is 4.72 Å². The minimum absolute atomic E-state index is 0.0923. The number of morpholine rings is 1. The van der Waals surface area contributed by atoms with Crippen LogP contribution in [0.1, 0.15) is 11.1 Å². The zero-order chi connectivity index (χ0) is 20.5. The van der Waals surface area contributed by atoms with Crippen molar-refractivity contribution >= 4 is 33.0 Å². The molecule has 28 heavy (non-hydrogen) atoms. The Morgan fingerprint density at radius 2 is 1.79 bits per heavy atom. The van der Waals surface area contributed by atoms with Gasteiger partial charge in [-0.1, -0.05) is 17.7 Å². The van der Waals surface area contributed by atoms with Crippen LogP contribution in [0, 0.1) is 6.92 Å². The van der Waals surface area contributed by atoms with E-state index in [2.05, 4.69) is 4.72 Å². The molecule has 0 radical (unpaired) electrons. The average molecular weight is 435 g/mol. The molecular formula is C18H18ClF3N2O3S. The maximum Gasteiger partial charge on any atom is 0.416 e. The quantitative estimate of drug-likeness (QED) is 0.779. The number of nitrogens with zero attached hydrogens (tertiary/aromatic N) is 1. The predicted molar refractivity (Wildman–Crippen MR) is 101 cm³/mol. The number of ether oxygens (including phenoxy) is 1. The summed E-state index contributed by atoms with van der Waals surface area (Å²) in [4.78, 5) is 1.69. The molecule has 0 aromatic heterocycles. The molecule has 0 saturated carbocycles. The Hall–Kier alpha value is -1.97. The topological polar surface area (TPSA) is 58.6 Å². The number of hydrogen-bond acceptors (Lipinski definition) is 4. The van der Waals surface area contributed by atoms with Gasteiger partial charge in [0.25, 0.3) is 10.0 Å². The molecular weight excluding hydrogens is 417 g/mol. The van der Waals surface area contributed by atoms with Gasteiger partial charge in [0, 0.05) is 18.1 Å². The normalized spacial score (nSPS) is 15.5. The van der Waals surface area contributed by atoms with Crippen LogP contribution >= 0.6 is 11.6 Å². The zero-order valence-electron chi connectivity index (χ0n) is 14.9. The van der Waals surface area contributed by atoms with E-state index in [4.69, 9.17) is 16.3 Å². The molecule has 1 aliphatic rings. The summed E-state index contributed by atoms with van der Waals surface area (Å²) in [6, 6.07) is 7.36. The molecule has 0 unspecified atom stereocenters. The number of sulfonamides is 1. The fourth-order valence-electron chi connectivity index (χ4n) is 2.94. The van der Waals surface area contributed by atoms with E-state index in [9.17, 15) is 21.6 Å². The van der Waals surface area contributed by atoms with Crippen molar-refractivity contribution in [3.05, 3.63) is 52.5 Å². The van der Waals surface area contributed by atoms with Crippen molar-refractivity contribution in [3.8, 4) is 0 Å². The Morgan fingerprint density at radius 3 is 2.43 bits per heavy atom. The maximum atomic E-state index is 13.2. The Balaban J connectivity index is 2.06. The molecule has 0 atom stereocenters. The first kappa shape index (κ1) is 20.8. The van der Waals surface area contributed by atoms with Gasteiger partial charge in [0.15, 0.2) is 0 Å². The molecule has 2 aromatic rings. The van der Waals surface area contributed by atoms with Gasteiger partial charge in [-0.25, -0.2) is 8.42 Å². The first-order chi connectivity index (χ1) is 13.1. The molecule has 152 valence electrons. The van der Waals surface area contributed by atoms with Crippen LogP contribution in [0.3, 0.4) is 0 Å². The number of halogens is 4. The summed E-state index contributed by atoms with van der Waals surface area (Å²) >= 11 is 5.90. The van der Waals surface area contributed by atoms with E-state index >= 15 is 0 Å². The number of rotatable bonds is 4. The summed E-state index contributed by atoms with van der Waals surface area (Å²) in [5.74, 6) is 0. The van der Waals surface area contributed by atoms with E-state index in [0.29, 0.717) is 37.6 Å². The van der Waals surface area contributed by atoms with E-state index in [1.165, 1.54) is 18.2 Å². The third-order valence-electron chi connectivity index (χ3n) is 4.36. The minimum Gasteiger partial charge on any atom is -0.378 e. The van der Waals surface area contributed by atoms with Crippen molar-refractivity contribution in [2.45, 2.75) is 18.0 Å². The molecule has 0 aliphatic carbocycles. The van der Waals surface area contributed by atoms with Crippen molar-refractivity contribution in [2.75, 3.05) is 35.9 Å². The molecule has 1 heterocycles. The van der Waals surface area contributed by atoms with Crippen LogP contribution in [0.2, 0.25) is 5.02 Å². The van der Waals surface area contributed by atoms with Gasteiger partial charge in [-0.15, -0.1) is 0 Å². The maximum absolute atomic E-state index is 13.2. The van der Waals surface area contributed by atoms with Gasteiger partial charge in [0.2, 0.25) is 0 Å². The standard InChI is InChI=1S/C18H18ClF3N2O3S/c1-12-2-4-14(19)11-17(12)28(25,26)23-15-10-13(18(20,21)22)3-5-16(15)24-6-8-27-9-7-24/h2-5,10-11,23H,6-9H2,1H3. The first-order valence-corrected chi connectivity index (χ1v) is 10.3. The Bertz CT molecular complexity index is 975. The third kappa shape index (κ3) is 4.53. The Kier molecular flexibility index (Phi) is 5.79. The fraction of sp³-hybridized carbons (Fsp3) is 0.333. The first-order valence-electron chi connectivity index (χ1n) is 8.41. The molecule has 0 amide bonds. The van der Waals surface area contributed by atoms with Gasteiger partial charge in [0.1, 0.15) is 0 Å². The highest BCUT2D eigenvalue weighted by molar-refractivity contribution is 7.92. The molecule has 5 nitrogen and oxygen atoms in total. The smallest absolute Gasteiger partial charge is 0.378 e. The van der Waals surface area contributed by atoms with E-state index in [1.807, 2.05) is 0 Å². The molecule has 10 heteroatoms. The van der Waals surface area contributed by atoms with Crippen molar-refractivity contribution in [1.29, 1.82) is 0 Å². The second-order valence-corrected chi connectivity index (χ2v) is 8.43. The SMILES string of the molecule is Cc1ccc(Cl)cc1S(=O)(=O)Nc1cc(C(F)(F)F)ccc1N1CCOCC1. The van der Waals surface area contributed by atoms with Gasteiger partial charge < -0.3 is 9.64 Å². The molecule has 3 rings (SSSR count). The van der Waals surface area contributed by atoms with Crippen molar-refractivity contribution in [3.63, 3.8) is 0 Å². The molecule has 1 N–H and O–H groups in total. The van der Waals surface area contributed by atoms with Gasteiger partial charge in [-0.2, -0.15) is 13.2 Å². The van der Waals surface area contributed by atoms with Gasteiger partial charge in [-0.05, 0) is 42.8 Å². The van der Waals surface area contributed by atoms with Crippen molar-refractivity contribution in [2.24, 2.45) is 0 Å². The lowest BCUT2D eigenvalue weighted by molar-refractivity contribution is -0.137. The summed E-state index contributed by atoms with van der Waals surface area (Å²) in [6.45, 7) is 3.27. The predicted octanol–water partition coefficient (Wildman–Crippen LogP) is 4.30. The van der Waals surface area contributed by atoms with Crippen LogP contribution in [-0.2, 0) is 20.9 Å². The number of aryl methyl sites for hydroxylation is 1. The van der Waals surface area contributed by atoms with E-state index in [0.717, 1.165) is 12.1 Å². The number of anilines is 2. The molecule has 1 fully saturated rings. The van der Waals surface area contributed by atoms with E-state index in [-0.39, 0.29) is 15.6 Å². The molecule has 0 bridgehead atoms. The van der Waals surface area contributed by atoms with Crippen LogP contribution in [0.5, 0.6) is 0 Å². The lowest BCUT2D eigenvalue weighted by Gasteiger charge is -2.31. The fourth-order valence-corrected chi connectivity index (χ4v) is 4.51. The highest BCUT2D eigenvalue weighted by Crippen LogP contribution is 2.37. The van der Waals surface area contributed by atoms with Crippen LogP contribution < -0.4 is 9.62 Å². The Labute approximate surface area is 166 Å². The number of nitrogens with one attached hydrogen (secondary N) is 1. The number of benzene rings is 2. The number of alkyl halides is 3. The van der Waals surface area contributed by atoms with Crippen LogP contribution in [0.15, 0.2) is 41.3 Å². The molecule has 0 spiro atoms. The van der Waals surface area contributed by atoms with Crippen LogP contribution in [0.25, 0.3) is 0 Å². The van der Waals surface area contributed by atoms with Crippen molar-refractivity contribution in [1.82, 2.24) is 0 Å². The lowest BCUT2D eigenvalue weighted by Crippen LogP contribution is -2.36. The number of hydrogen-bond donors (Lipinski definition) is 1. The molecule has 2 aromatic carbocycles. The highest BCUT2D eigenvalue weighted by Gasteiger charge is 2.32. The minimum atomic E-state index is -4.60. The monoisotopic (exact) mass is 434 g/mol. The summed E-state index contributed by atoms with van der Waals surface area (Å²) < 4.78 is 72.9. The highest BCUT2D eigenvalue weighted by atomic mass is 35.5. The summed E-state index contributed by atoms with van der Waals surface area (Å²) in [5.41, 5.74) is -0.294. The van der Waals surface area contributed by atoms with E-state index in [1.54, 1.807) is 17.9 Å². The molecule has 1 aliphatic heterocycles. The second kappa shape index (κ2) is 7.81. The summed E-state index contributed by atoms with van der Waals surface area (Å²) in [5, 5.41) is 0.211. The average Bonchev–Trinajstić information content (AvgIpc) is 2.63. The third-order valence-corrected chi connectivity index (χ3v) is 6.10. The van der Waals surface area contributed by atoms with Crippen molar-refractivity contribution < 1.29 is 26.3 Å².